The van der Waals surface area contributed by atoms with Gasteiger partial charge in [-0.25, -0.2) is 4.79 Å². The van der Waals surface area contributed by atoms with Gasteiger partial charge in [-0.3, -0.25) is 4.79 Å². The highest BCUT2D eigenvalue weighted by Gasteiger charge is 2.18. The number of carbonyl (C=O) groups is 2. The molecule has 0 unspecified atom stereocenters. The van der Waals surface area contributed by atoms with Crippen LogP contribution < -0.4 is 5.32 Å². The monoisotopic (exact) mass is 280 g/mol. The lowest BCUT2D eigenvalue weighted by molar-refractivity contribution is -0.121. The Bertz CT molecular complexity index is 490. The number of hydrogen-bond donors (Lipinski definition) is 2. The van der Waals surface area contributed by atoms with Gasteiger partial charge in [0.2, 0.25) is 5.91 Å². The second kappa shape index (κ2) is 7.12. The van der Waals surface area contributed by atoms with Crippen molar-refractivity contribution >= 4 is 11.9 Å². The Morgan fingerprint density at radius 1 is 1.30 bits per heavy atom. The molecule has 0 fully saturated rings. The van der Waals surface area contributed by atoms with Crippen LogP contribution in [0.15, 0.2) is 0 Å². The number of nitrogens with one attached hydrogen (secondary N) is 2. The van der Waals surface area contributed by atoms with Gasteiger partial charge in [-0.1, -0.05) is 0 Å². The SMILES string of the molecule is CCOC(=O)c1[nH]c(C)c(CCC(=O)NC(C)C)c1C. The summed E-state index contributed by atoms with van der Waals surface area (Å²) in [4.78, 5) is 26.5. The Balaban J connectivity index is 2.76. The number of hydrogen-bond acceptors (Lipinski definition) is 3. The summed E-state index contributed by atoms with van der Waals surface area (Å²) < 4.78 is 5.01. The maximum atomic E-state index is 11.8. The number of carbonyl (C=O) groups excluding carboxylic acids is 2. The number of ether oxygens (including phenoxy) is 1. The second-order valence-corrected chi connectivity index (χ2v) is 5.17. The van der Waals surface area contributed by atoms with Gasteiger partial charge >= 0.3 is 5.97 Å². The maximum absolute atomic E-state index is 11.8. The van der Waals surface area contributed by atoms with Crippen LogP contribution >= 0.6 is 0 Å². The average Bonchev–Trinajstić information content (AvgIpc) is 2.62. The van der Waals surface area contributed by atoms with Gasteiger partial charge in [-0.15, -0.1) is 0 Å². The smallest absolute Gasteiger partial charge is 0.355 e. The van der Waals surface area contributed by atoms with E-state index in [1.54, 1.807) is 6.92 Å². The summed E-state index contributed by atoms with van der Waals surface area (Å²) in [5.41, 5.74) is 3.30. The van der Waals surface area contributed by atoms with Crippen molar-refractivity contribution in [2.75, 3.05) is 6.61 Å². The number of aryl methyl sites for hydroxylation is 1. The van der Waals surface area contributed by atoms with Crippen molar-refractivity contribution in [1.29, 1.82) is 0 Å². The van der Waals surface area contributed by atoms with Crippen molar-refractivity contribution in [3.05, 3.63) is 22.5 Å². The number of aromatic nitrogens is 1. The molecule has 5 nitrogen and oxygen atoms in total. The molecule has 1 aromatic heterocycles. The summed E-state index contributed by atoms with van der Waals surface area (Å²) >= 11 is 0. The Hall–Kier alpha value is -1.78. The highest BCUT2D eigenvalue weighted by atomic mass is 16.5. The van der Waals surface area contributed by atoms with Gasteiger partial charge in [0, 0.05) is 18.2 Å². The molecule has 0 saturated heterocycles. The summed E-state index contributed by atoms with van der Waals surface area (Å²) in [6, 6.07) is 0.144. The minimum absolute atomic E-state index is 0.0256. The minimum atomic E-state index is -0.342. The first kappa shape index (κ1) is 16.3. The highest BCUT2D eigenvalue weighted by molar-refractivity contribution is 5.90. The standard InChI is InChI=1S/C15H24N2O3/c1-6-20-15(19)14-10(4)12(11(5)17-14)7-8-13(18)16-9(2)3/h9,17H,6-8H2,1-5H3,(H,16,18). The molecule has 0 aliphatic heterocycles. The van der Waals surface area contributed by atoms with Crippen LogP contribution in [0.4, 0.5) is 0 Å². The van der Waals surface area contributed by atoms with Crippen molar-refractivity contribution in [3.8, 4) is 0 Å². The fourth-order valence-corrected chi connectivity index (χ4v) is 2.20. The highest BCUT2D eigenvalue weighted by Crippen LogP contribution is 2.20. The predicted octanol–water partition coefficient (Wildman–Crippen LogP) is 2.27. The van der Waals surface area contributed by atoms with Crippen LogP contribution in [0.2, 0.25) is 0 Å². The van der Waals surface area contributed by atoms with Gasteiger partial charge in [0.25, 0.3) is 0 Å². The third-order valence-electron chi connectivity index (χ3n) is 3.12. The van der Waals surface area contributed by atoms with Crippen molar-refractivity contribution in [2.24, 2.45) is 0 Å². The lowest BCUT2D eigenvalue weighted by Gasteiger charge is -2.08. The van der Waals surface area contributed by atoms with E-state index >= 15 is 0 Å². The summed E-state index contributed by atoms with van der Waals surface area (Å²) in [5.74, 6) is -0.316. The lowest BCUT2D eigenvalue weighted by atomic mass is 10.0. The van der Waals surface area contributed by atoms with Gasteiger partial charge in [0.15, 0.2) is 0 Å². The number of rotatable bonds is 6. The van der Waals surface area contributed by atoms with Crippen LogP contribution in [0.3, 0.4) is 0 Å². The number of esters is 1. The molecule has 112 valence electrons. The molecule has 5 heteroatoms. The number of H-pyrrole nitrogens is 1. The molecule has 0 aromatic carbocycles. The Morgan fingerprint density at radius 2 is 1.95 bits per heavy atom. The van der Waals surface area contributed by atoms with Crippen LogP contribution in [0.5, 0.6) is 0 Å². The third kappa shape index (κ3) is 4.11. The molecule has 0 saturated carbocycles. The average molecular weight is 280 g/mol. The van der Waals surface area contributed by atoms with Gasteiger partial charge in [0.1, 0.15) is 5.69 Å². The zero-order valence-electron chi connectivity index (χ0n) is 12.9. The second-order valence-electron chi connectivity index (χ2n) is 5.17. The van der Waals surface area contributed by atoms with E-state index in [0.717, 1.165) is 16.8 Å². The van der Waals surface area contributed by atoms with Crippen LogP contribution in [0, 0.1) is 13.8 Å². The zero-order valence-corrected chi connectivity index (χ0v) is 12.9. The van der Waals surface area contributed by atoms with E-state index in [0.29, 0.717) is 25.1 Å². The van der Waals surface area contributed by atoms with Crippen molar-refractivity contribution in [1.82, 2.24) is 10.3 Å². The van der Waals surface area contributed by atoms with Gasteiger partial charge in [-0.2, -0.15) is 0 Å². The van der Waals surface area contributed by atoms with E-state index in [1.807, 2.05) is 27.7 Å². The Labute approximate surface area is 120 Å². The fourth-order valence-electron chi connectivity index (χ4n) is 2.20. The van der Waals surface area contributed by atoms with E-state index in [-0.39, 0.29) is 17.9 Å². The largest absolute Gasteiger partial charge is 0.461 e. The number of amides is 1. The molecule has 1 rings (SSSR count). The summed E-state index contributed by atoms with van der Waals surface area (Å²) in [6.07, 6.45) is 1.03. The molecular weight excluding hydrogens is 256 g/mol. The summed E-state index contributed by atoms with van der Waals surface area (Å²) in [6.45, 7) is 9.78. The van der Waals surface area contributed by atoms with E-state index in [2.05, 4.69) is 10.3 Å². The molecule has 1 heterocycles. The molecule has 1 aromatic rings. The zero-order chi connectivity index (χ0) is 15.3. The van der Waals surface area contributed by atoms with Gasteiger partial charge < -0.3 is 15.0 Å². The topological polar surface area (TPSA) is 71.2 Å². The number of aromatic amines is 1. The predicted molar refractivity (Wildman–Crippen MR) is 77.8 cm³/mol. The van der Waals surface area contributed by atoms with E-state index < -0.39 is 0 Å². The summed E-state index contributed by atoms with van der Waals surface area (Å²) in [7, 11) is 0. The first-order valence-corrected chi connectivity index (χ1v) is 7.01. The Kier molecular flexibility index (Phi) is 5.80. The quantitative estimate of drug-likeness (QED) is 0.785. The van der Waals surface area contributed by atoms with Crippen molar-refractivity contribution in [3.63, 3.8) is 0 Å². The molecule has 0 radical (unpaired) electrons. The first-order valence-electron chi connectivity index (χ1n) is 7.01. The Morgan fingerprint density at radius 3 is 2.50 bits per heavy atom. The fraction of sp³-hybridized carbons (Fsp3) is 0.600. The van der Waals surface area contributed by atoms with E-state index in [1.165, 1.54) is 0 Å². The van der Waals surface area contributed by atoms with Crippen LogP contribution in [0.25, 0.3) is 0 Å². The molecule has 20 heavy (non-hydrogen) atoms. The van der Waals surface area contributed by atoms with E-state index in [9.17, 15) is 9.59 Å². The molecule has 0 spiro atoms. The minimum Gasteiger partial charge on any atom is -0.461 e. The summed E-state index contributed by atoms with van der Waals surface area (Å²) in [5, 5.41) is 2.86. The molecule has 0 aliphatic rings. The molecule has 0 atom stereocenters. The molecule has 1 amide bonds. The van der Waals surface area contributed by atoms with Gasteiger partial charge in [0.05, 0.1) is 6.61 Å². The van der Waals surface area contributed by atoms with Crippen molar-refractivity contribution in [2.45, 2.75) is 53.5 Å². The maximum Gasteiger partial charge on any atom is 0.355 e. The molecule has 2 N–H and O–H groups in total. The normalized spacial score (nSPS) is 10.7. The van der Waals surface area contributed by atoms with Crippen LogP contribution in [0.1, 0.15) is 54.5 Å². The molecule has 0 bridgehead atoms. The van der Waals surface area contributed by atoms with Crippen LogP contribution in [-0.4, -0.2) is 29.5 Å². The van der Waals surface area contributed by atoms with E-state index in [4.69, 9.17) is 4.74 Å². The van der Waals surface area contributed by atoms with Crippen LogP contribution in [-0.2, 0) is 16.0 Å². The van der Waals surface area contributed by atoms with Crippen molar-refractivity contribution < 1.29 is 14.3 Å². The molecule has 0 aliphatic carbocycles. The van der Waals surface area contributed by atoms with Gasteiger partial charge in [-0.05, 0) is 52.2 Å². The molecular formula is C15H24N2O3. The lowest BCUT2D eigenvalue weighted by Crippen LogP contribution is -2.30. The third-order valence-corrected chi connectivity index (χ3v) is 3.12. The first-order chi connectivity index (χ1) is 9.36.